The van der Waals surface area contributed by atoms with Crippen molar-refractivity contribution < 1.29 is 9.53 Å². The van der Waals surface area contributed by atoms with Crippen LogP contribution in [0.25, 0.3) is 0 Å². The Balaban J connectivity index is 2.70. The molecule has 0 heterocycles. The van der Waals surface area contributed by atoms with Crippen molar-refractivity contribution in [2.45, 2.75) is 39.7 Å². The molecule has 1 rings (SSSR count). The molecule has 0 saturated carbocycles. The minimum Gasteiger partial charge on any atom is -0.495 e. The molecule has 1 aromatic rings. The molecule has 2 N–H and O–H groups in total. The summed E-state index contributed by atoms with van der Waals surface area (Å²) in [6, 6.07) is 3.62. The average Bonchev–Trinajstić information content (AvgIpc) is 2.39. The number of aryl methyl sites for hydroxylation is 1. The number of carbonyl (C=O) groups excluding carboxylic acids is 1. The van der Waals surface area contributed by atoms with Gasteiger partial charge in [0, 0.05) is 16.6 Å². The highest BCUT2D eigenvalue weighted by Gasteiger charge is 2.17. The topological polar surface area (TPSA) is 50.4 Å². The maximum Gasteiger partial charge on any atom is 0.239 e. The highest BCUT2D eigenvalue weighted by atomic mass is 35.5. The quantitative estimate of drug-likeness (QED) is 0.846. The summed E-state index contributed by atoms with van der Waals surface area (Å²) in [5, 5.41) is 6.70. The molecule has 0 aromatic heterocycles. The van der Waals surface area contributed by atoms with Crippen LogP contribution in [0.2, 0.25) is 5.02 Å². The van der Waals surface area contributed by atoms with Crippen LogP contribution in [0, 0.1) is 6.92 Å². The van der Waals surface area contributed by atoms with Gasteiger partial charge in [0.15, 0.2) is 0 Å². The predicted octanol–water partition coefficient (Wildman–Crippen LogP) is 3.37. The highest BCUT2D eigenvalue weighted by molar-refractivity contribution is 6.31. The van der Waals surface area contributed by atoms with Gasteiger partial charge in [0.25, 0.3) is 0 Å². The van der Waals surface area contributed by atoms with Crippen molar-refractivity contribution in [2.24, 2.45) is 0 Å². The number of hydrogen-bond donors (Lipinski definition) is 2. The lowest BCUT2D eigenvalue weighted by Gasteiger charge is -2.24. The van der Waals surface area contributed by atoms with E-state index in [0.717, 1.165) is 17.7 Å². The number of carbonyl (C=O) groups is 1. The summed E-state index contributed by atoms with van der Waals surface area (Å²) in [6.45, 7) is 8.14. The van der Waals surface area contributed by atoms with Gasteiger partial charge in [0.05, 0.1) is 19.3 Å². The van der Waals surface area contributed by atoms with Crippen molar-refractivity contribution in [1.82, 2.24) is 5.32 Å². The van der Waals surface area contributed by atoms with E-state index in [1.165, 1.54) is 0 Å². The lowest BCUT2D eigenvalue weighted by atomic mass is 10.0. The first kappa shape index (κ1) is 16.6. The molecule has 0 unspecified atom stereocenters. The normalized spacial score (nSPS) is 11.1. The Morgan fingerprint density at radius 2 is 2.05 bits per heavy atom. The number of halogens is 1. The van der Waals surface area contributed by atoms with Crippen LogP contribution in [0.1, 0.15) is 32.8 Å². The van der Waals surface area contributed by atoms with Gasteiger partial charge in [-0.05, 0) is 38.8 Å². The van der Waals surface area contributed by atoms with Gasteiger partial charge < -0.3 is 15.4 Å². The van der Waals surface area contributed by atoms with Crippen molar-refractivity contribution in [2.75, 3.05) is 19.0 Å². The summed E-state index contributed by atoms with van der Waals surface area (Å²) < 4.78 is 5.26. The van der Waals surface area contributed by atoms with Crippen LogP contribution in [0.5, 0.6) is 5.75 Å². The zero-order chi connectivity index (χ0) is 15.3. The van der Waals surface area contributed by atoms with Crippen molar-refractivity contribution in [3.05, 3.63) is 22.7 Å². The second-order valence-electron chi connectivity index (χ2n) is 5.44. The predicted molar refractivity (Wildman–Crippen MR) is 83.7 cm³/mol. The van der Waals surface area contributed by atoms with E-state index in [1.54, 1.807) is 13.2 Å². The highest BCUT2D eigenvalue weighted by Crippen LogP contribution is 2.30. The molecular weight excluding hydrogens is 276 g/mol. The largest absolute Gasteiger partial charge is 0.495 e. The second kappa shape index (κ2) is 6.84. The number of hydrogen-bond acceptors (Lipinski definition) is 3. The first-order chi connectivity index (χ1) is 9.29. The Bertz CT molecular complexity index is 487. The molecule has 4 nitrogen and oxygen atoms in total. The van der Waals surface area contributed by atoms with Crippen LogP contribution < -0.4 is 15.4 Å². The maximum atomic E-state index is 11.9. The van der Waals surface area contributed by atoms with Crippen molar-refractivity contribution in [1.29, 1.82) is 0 Å². The molecular formula is C15H23ClN2O2. The van der Waals surface area contributed by atoms with Crippen LogP contribution in [0.3, 0.4) is 0 Å². The van der Waals surface area contributed by atoms with E-state index in [-0.39, 0.29) is 18.0 Å². The number of anilines is 1. The molecule has 0 aliphatic heterocycles. The Morgan fingerprint density at radius 1 is 1.40 bits per heavy atom. The minimum atomic E-state index is -0.196. The van der Waals surface area contributed by atoms with Gasteiger partial charge in [-0.1, -0.05) is 18.5 Å². The molecule has 5 heteroatoms. The molecule has 0 atom stereocenters. The second-order valence-corrected chi connectivity index (χ2v) is 5.85. The van der Waals surface area contributed by atoms with E-state index in [0.29, 0.717) is 10.8 Å². The number of ether oxygens (including phenoxy) is 1. The molecule has 0 fully saturated rings. The van der Waals surface area contributed by atoms with Gasteiger partial charge in [0.2, 0.25) is 5.91 Å². The molecule has 0 radical (unpaired) electrons. The Kier molecular flexibility index (Phi) is 5.69. The summed E-state index contributed by atoms with van der Waals surface area (Å²) in [6.07, 6.45) is 0.877. The van der Waals surface area contributed by atoms with Crippen LogP contribution in [-0.2, 0) is 4.79 Å². The molecule has 0 aliphatic carbocycles. The number of amides is 1. The average molecular weight is 299 g/mol. The van der Waals surface area contributed by atoms with Gasteiger partial charge in [-0.15, -0.1) is 0 Å². The van der Waals surface area contributed by atoms with E-state index >= 15 is 0 Å². The lowest BCUT2D eigenvalue weighted by molar-refractivity contribution is -0.121. The molecule has 0 bridgehead atoms. The summed E-state index contributed by atoms with van der Waals surface area (Å²) in [4.78, 5) is 11.9. The summed E-state index contributed by atoms with van der Waals surface area (Å²) in [5.41, 5.74) is 1.50. The third kappa shape index (κ3) is 4.60. The zero-order valence-electron chi connectivity index (χ0n) is 12.8. The lowest BCUT2D eigenvalue weighted by Crippen LogP contribution is -2.45. The zero-order valence-corrected chi connectivity index (χ0v) is 13.5. The van der Waals surface area contributed by atoms with E-state index in [2.05, 4.69) is 10.6 Å². The molecule has 0 saturated heterocycles. The minimum absolute atomic E-state index is 0.0495. The Labute approximate surface area is 125 Å². The Morgan fingerprint density at radius 3 is 2.60 bits per heavy atom. The van der Waals surface area contributed by atoms with Gasteiger partial charge in [0.1, 0.15) is 5.75 Å². The van der Waals surface area contributed by atoms with E-state index in [9.17, 15) is 4.79 Å². The maximum absolute atomic E-state index is 11.9. The van der Waals surface area contributed by atoms with Gasteiger partial charge >= 0.3 is 0 Å². The third-order valence-corrected chi connectivity index (χ3v) is 3.69. The molecule has 1 amide bonds. The number of methoxy groups -OCH3 is 1. The van der Waals surface area contributed by atoms with Crippen molar-refractivity contribution in [3.8, 4) is 5.75 Å². The van der Waals surface area contributed by atoms with Crippen molar-refractivity contribution >= 4 is 23.2 Å². The van der Waals surface area contributed by atoms with Crippen LogP contribution in [0.15, 0.2) is 12.1 Å². The van der Waals surface area contributed by atoms with E-state index < -0.39 is 0 Å². The molecule has 112 valence electrons. The summed E-state index contributed by atoms with van der Waals surface area (Å²) in [5.74, 6) is 0.578. The van der Waals surface area contributed by atoms with Crippen LogP contribution >= 0.6 is 11.6 Å². The fraction of sp³-hybridized carbons (Fsp3) is 0.533. The van der Waals surface area contributed by atoms with Crippen molar-refractivity contribution in [3.63, 3.8) is 0 Å². The SMILES string of the molecule is CCC(C)(C)NC(=O)CNc1cc(C)c(Cl)cc1OC. The first-order valence-corrected chi connectivity index (χ1v) is 7.06. The summed E-state index contributed by atoms with van der Waals surface area (Å²) >= 11 is 6.05. The van der Waals surface area contributed by atoms with Crippen LogP contribution in [-0.4, -0.2) is 25.1 Å². The number of benzene rings is 1. The molecule has 0 spiro atoms. The first-order valence-electron chi connectivity index (χ1n) is 6.68. The Hall–Kier alpha value is -1.42. The third-order valence-electron chi connectivity index (χ3n) is 3.28. The van der Waals surface area contributed by atoms with E-state index in [4.69, 9.17) is 16.3 Å². The number of rotatable bonds is 6. The standard InChI is InChI=1S/C15H23ClN2O2/c1-6-15(3,4)18-14(19)9-17-12-7-10(2)11(16)8-13(12)20-5/h7-8,17H,6,9H2,1-5H3,(H,18,19). The monoisotopic (exact) mass is 298 g/mol. The molecule has 0 aliphatic rings. The fourth-order valence-electron chi connectivity index (χ4n) is 1.66. The summed E-state index contributed by atoms with van der Waals surface area (Å²) in [7, 11) is 1.58. The fourth-order valence-corrected chi connectivity index (χ4v) is 1.81. The number of nitrogens with one attached hydrogen (secondary N) is 2. The van der Waals surface area contributed by atoms with Crippen LogP contribution in [0.4, 0.5) is 5.69 Å². The molecule has 20 heavy (non-hydrogen) atoms. The van der Waals surface area contributed by atoms with Gasteiger partial charge in [-0.25, -0.2) is 0 Å². The van der Waals surface area contributed by atoms with Gasteiger partial charge in [-0.2, -0.15) is 0 Å². The van der Waals surface area contributed by atoms with E-state index in [1.807, 2.05) is 33.8 Å². The molecule has 1 aromatic carbocycles. The van der Waals surface area contributed by atoms with Gasteiger partial charge in [-0.3, -0.25) is 4.79 Å². The smallest absolute Gasteiger partial charge is 0.239 e.